The van der Waals surface area contributed by atoms with Crippen LogP contribution in [0.5, 0.6) is 0 Å². The van der Waals surface area contributed by atoms with Crippen LogP contribution in [0.3, 0.4) is 0 Å². The first-order valence-electron chi connectivity index (χ1n) is 6.09. The Morgan fingerprint density at radius 1 is 1.29 bits per heavy atom. The van der Waals surface area contributed by atoms with E-state index in [1.54, 1.807) is 0 Å². The number of nitrogens with one attached hydrogen (secondary N) is 1. The van der Waals surface area contributed by atoms with Crippen LogP contribution in [-0.4, -0.2) is 6.54 Å². The highest BCUT2D eigenvalue weighted by molar-refractivity contribution is 9.10. The number of rotatable bonds is 4. The van der Waals surface area contributed by atoms with E-state index in [1.807, 2.05) is 0 Å². The zero-order valence-electron chi connectivity index (χ0n) is 10.6. The third kappa shape index (κ3) is 2.26. The molecule has 2 nitrogen and oxygen atoms in total. The molecule has 1 aromatic heterocycles. The van der Waals surface area contributed by atoms with Crippen molar-refractivity contribution in [3.63, 3.8) is 0 Å². The van der Waals surface area contributed by atoms with E-state index in [0.717, 1.165) is 35.3 Å². The minimum atomic E-state index is 0.806. The highest BCUT2D eigenvalue weighted by Crippen LogP contribution is 2.34. The number of hydrogen-bond donors (Lipinski definition) is 1. The number of fused-ring (bicyclic) bond motifs is 1. The summed E-state index contributed by atoms with van der Waals surface area (Å²) in [5.74, 6) is 1.07. The van der Waals surface area contributed by atoms with Gasteiger partial charge >= 0.3 is 0 Å². The first-order valence-corrected chi connectivity index (χ1v) is 6.88. The Kier molecular flexibility index (Phi) is 3.89. The van der Waals surface area contributed by atoms with Crippen LogP contribution < -0.4 is 5.32 Å². The lowest BCUT2D eigenvalue weighted by atomic mass is 10.1. The zero-order valence-corrected chi connectivity index (χ0v) is 12.1. The van der Waals surface area contributed by atoms with Crippen LogP contribution in [0, 0.1) is 6.92 Å². The molecular formula is C14H18BrNO. The fourth-order valence-electron chi connectivity index (χ4n) is 2.16. The first-order chi connectivity index (χ1) is 8.19. The summed E-state index contributed by atoms with van der Waals surface area (Å²) in [6, 6.07) is 4.19. The molecule has 1 aromatic carbocycles. The standard InChI is InChI=1S/C14H18BrNO/c1-4-10-12(8-16-5-2)17-14-9(3)6-7-11(15)13(10)14/h6-7,16H,4-5,8H2,1-3H3. The molecule has 2 rings (SSSR count). The molecule has 3 heteroatoms. The average Bonchev–Trinajstić information content (AvgIpc) is 2.71. The van der Waals surface area contributed by atoms with Crippen molar-refractivity contribution in [2.45, 2.75) is 33.7 Å². The van der Waals surface area contributed by atoms with E-state index >= 15 is 0 Å². The summed E-state index contributed by atoms with van der Waals surface area (Å²) in [5, 5.41) is 4.57. The summed E-state index contributed by atoms with van der Waals surface area (Å²) in [4.78, 5) is 0. The Labute approximate surface area is 111 Å². The minimum Gasteiger partial charge on any atom is -0.459 e. The molecule has 0 bridgehead atoms. The predicted octanol–water partition coefficient (Wildman–Crippen LogP) is 4.18. The quantitative estimate of drug-likeness (QED) is 0.915. The Balaban J connectivity index is 2.62. The molecule has 0 fully saturated rings. The van der Waals surface area contributed by atoms with Gasteiger partial charge in [0.1, 0.15) is 11.3 Å². The Morgan fingerprint density at radius 2 is 2.06 bits per heavy atom. The smallest absolute Gasteiger partial charge is 0.138 e. The zero-order chi connectivity index (χ0) is 12.4. The lowest BCUT2D eigenvalue weighted by Crippen LogP contribution is -2.12. The maximum Gasteiger partial charge on any atom is 0.138 e. The summed E-state index contributed by atoms with van der Waals surface area (Å²) >= 11 is 3.62. The van der Waals surface area contributed by atoms with Crippen LogP contribution in [0.25, 0.3) is 11.0 Å². The van der Waals surface area contributed by atoms with Gasteiger partial charge in [-0.2, -0.15) is 0 Å². The molecule has 2 aromatic rings. The molecule has 0 saturated carbocycles. The molecule has 0 radical (unpaired) electrons. The van der Waals surface area contributed by atoms with Crippen LogP contribution in [0.1, 0.15) is 30.7 Å². The average molecular weight is 296 g/mol. The topological polar surface area (TPSA) is 25.2 Å². The second kappa shape index (κ2) is 5.23. The van der Waals surface area contributed by atoms with Crippen molar-refractivity contribution in [3.05, 3.63) is 33.5 Å². The molecule has 0 atom stereocenters. The highest BCUT2D eigenvalue weighted by atomic mass is 79.9. The largest absolute Gasteiger partial charge is 0.459 e. The van der Waals surface area contributed by atoms with Crippen molar-refractivity contribution in [1.82, 2.24) is 5.32 Å². The Morgan fingerprint density at radius 3 is 2.71 bits per heavy atom. The van der Waals surface area contributed by atoms with Gasteiger partial charge in [0.25, 0.3) is 0 Å². The van der Waals surface area contributed by atoms with E-state index < -0.39 is 0 Å². The Bertz CT molecular complexity index is 530. The van der Waals surface area contributed by atoms with Gasteiger partial charge in [0.05, 0.1) is 6.54 Å². The van der Waals surface area contributed by atoms with E-state index in [0.29, 0.717) is 0 Å². The lowest BCUT2D eigenvalue weighted by molar-refractivity contribution is 0.513. The number of benzene rings is 1. The third-order valence-corrected chi connectivity index (χ3v) is 3.72. The van der Waals surface area contributed by atoms with E-state index in [-0.39, 0.29) is 0 Å². The summed E-state index contributed by atoms with van der Waals surface area (Å²) in [5.41, 5.74) is 3.53. The molecule has 1 heterocycles. The third-order valence-electron chi connectivity index (χ3n) is 3.06. The molecule has 1 N–H and O–H groups in total. The summed E-state index contributed by atoms with van der Waals surface area (Å²) in [7, 11) is 0. The maximum absolute atomic E-state index is 6.01. The molecule has 0 spiro atoms. The van der Waals surface area contributed by atoms with Gasteiger partial charge in [0.2, 0.25) is 0 Å². The van der Waals surface area contributed by atoms with Gasteiger partial charge in [-0.05, 0) is 31.5 Å². The Hall–Kier alpha value is -0.800. The molecule has 92 valence electrons. The second-order valence-electron chi connectivity index (χ2n) is 4.21. The van der Waals surface area contributed by atoms with Gasteiger partial charge in [-0.1, -0.05) is 35.8 Å². The number of furan rings is 1. The van der Waals surface area contributed by atoms with Gasteiger partial charge in [-0.15, -0.1) is 0 Å². The van der Waals surface area contributed by atoms with Crippen LogP contribution >= 0.6 is 15.9 Å². The van der Waals surface area contributed by atoms with Gasteiger partial charge in [0.15, 0.2) is 0 Å². The molecule has 0 amide bonds. The SMILES string of the molecule is CCNCc1oc2c(C)ccc(Br)c2c1CC. The molecule has 0 aliphatic heterocycles. The predicted molar refractivity (Wildman–Crippen MR) is 75.4 cm³/mol. The van der Waals surface area contributed by atoms with Crippen LogP contribution in [0.2, 0.25) is 0 Å². The van der Waals surface area contributed by atoms with Gasteiger partial charge in [0, 0.05) is 15.4 Å². The van der Waals surface area contributed by atoms with Crippen LogP contribution in [0.15, 0.2) is 21.0 Å². The molecule has 0 aliphatic rings. The molecular weight excluding hydrogens is 278 g/mol. The molecule has 17 heavy (non-hydrogen) atoms. The van der Waals surface area contributed by atoms with Crippen molar-refractivity contribution in [2.75, 3.05) is 6.54 Å². The van der Waals surface area contributed by atoms with Crippen LogP contribution in [-0.2, 0) is 13.0 Å². The van der Waals surface area contributed by atoms with Gasteiger partial charge in [-0.3, -0.25) is 0 Å². The second-order valence-corrected chi connectivity index (χ2v) is 5.06. The minimum absolute atomic E-state index is 0.806. The van der Waals surface area contributed by atoms with Crippen LogP contribution in [0.4, 0.5) is 0 Å². The van der Waals surface area contributed by atoms with E-state index in [1.165, 1.54) is 16.5 Å². The highest BCUT2D eigenvalue weighted by Gasteiger charge is 2.16. The van der Waals surface area contributed by atoms with Gasteiger partial charge < -0.3 is 9.73 Å². The monoisotopic (exact) mass is 295 g/mol. The van der Waals surface area contributed by atoms with E-state index in [9.17, 15) is 0 Å². The lowest BCUT2D eigenvalue weighted by Gasteiger charge is -2.01. The van der Waals surface area contributed by atoms with Crippen molar-refractivity contribution in [3.8, 4) is 0 Å². The molecule has 0 unspecified atom stereocenters. The first kappa shape index (κ1) is 12.7. The maximum atomic E-state index is 6.01. The van der Waals surface area contributed by atoms with E-state index in [4.69, 9.17) is 4.42 Å². The summed E-state index contributed by atoms with van der Waals surface area (Å²) in [6.45, 7) is 8.14. The number of hydrogen-bond acceptors (Lipinski definition) is 2. The van der Waals surface area contributed by atoms with Crippen molar-refractivity contribution in [1.29, 1.82) is 0 Å². The normalized spacial score (nSPS) is 11.3. The summed E-state index contributed by atoms with van der Waals surface area (Å²) in [6.07, 6.45) is 0.996. The fraction of sp³-hybridized carbons (Fsp3) is 0.429. The van der Waals surface area contributed by atoms with Gasteiger partial charge in [-0.25, -0.2) is 0 Å². The molecule has 0 saturated heterocycles. The van der Waals surface area contributed by atoms with E-state index in [2.05, 4.69) is 54.2 Å². The number of halogens is 1. The molecule has 0 aliphatic carbocycles. The number of aryl methyl sites for hydroxylation is 2. The van der Waals surface area contributed by atoms with Crippen molar-refractivity contribution in [2.24, 2.45) is 0 Å². The van der Waals surface area contributed by atoms with Crippen molar-refractivity contribution < 1.29 is 4.42 Å². The summed E-state index contributed by atoms with van der Waals surface area (Å²) < 4.78 is 7.14. The van der Waals surface area contributed by atoms with Crippen molar-refractivity contribution >= 4 is 26.9 Å². The fourth-order valence-corrected chi connectivity index (χ4v) is 2.71.